The fourth-order valence-corrected chi connectivity index (χ4v) is 3.36. The molecule has 5 rings (SSSR count). The Bertz CT molecular complexity index is 875. The van der Waals surface area contributed by atoms with Gasteiger partial charge in [0, 0.05) is 32.3 Å². The lowest BCUT2D eigenvalue weighted by molar-refractivity contribution is -0.117. The second-order valence-corrected chi connectivity index (χ2v) is 6.35. The predicted molar refractivity (Wildman–Crippen MR) is 89.1 cm³/mol. The first-order valence-electron chi connectivity index (χ1n) is 8.23. The summed E-state index contributed by atoms with van der Waals surface area (Å²) < 4.78 is 7.73. The lowest BCUT2D eigenvalue weighted by Crippen LogP contribution is -2.48. The highest BCUT2D eigenvalue weighted by atomic mass is 16.4. The van der Waals surface area contributed by atoms with Crippen LogP contribution < -0.4 is 9.80 Å². The Kier molecular flexibility index (Phi) is 2.88. The van der Waals surface area contributed by atoms with Gasteiger partial charge in [0.25, 0.3) is 6.01 Å². The first kappa shape index (κ1) is 13.6. The van der Waals surface area contributed by atoms with Crippen molar-refractivity contribution in [3.8, 4) is 0 Å². The molecule has 2 aliphatic rings. The molecule has 4 heterocycles. The minimum absolute atomic E-state index is 0.191. The van der Waals surface area contributed by atoms with Crippen molar-refractivity contribution in [3.05, 3.63) is 36.7 Å². The molecule has 2 fully saturated rings. The van der Waals surface area contributed by atoms with E-state index in [2.05, 4.69) is 15.0 Å². The maximum absolute atomic E-state index is 11.8. The molecule has 24 heavy (non-hydrogen) atoms. The zero-order chi connectivity index (χ0) is 16.1. The molecule has 0 bridgehead atoms. The summed E-state index contributed by atoms with van der Waals surface area (Å²) in [6.45, 7) is 2.41. The molecule has 7 heteroatoms. The number of nitrogens with zero attached hydrogens (tertiary/aromatic N) is 5. The summed E-state index contributed by atoms with van der Waals surface area (Å²) in [5, 5.41) is 4.43. The highest BCUT2D eigenvalue weighted by Gasteiger charge is 2.33. The zero-order valence-electron chi connectivity index (χ0n) is 13.1. The standard InChI is InChI=1S/C17H17N5O2/c23-16-6-3-7-21(16)12-8-18-22(11-12)13-9-20(10-13)17-19-14-4-1-2-5-15(14)24-17/h1-2,4-5,8,11,13H,3,6-7,9-10H2. The van der Waals surface area contributed by atoms with E-state index < -0.39 is 0 Å². The van der Waals surface area contributed by atoms with E-state index in [0.717, 1.165) is 42.8 Å². The smallest absolute Gasteiger partial charge is 0.298 e. The van der Waals surface area contributed by atoms with E-state index in [1.165, 1.54) is 0 Å². The highest BCUT2D eigenvalue weighted by molar-refractivity contribution is 5.95. The predicted octanol–water partition coefficient (Wildman–Crippen LogP) is 2.21. The Hall–Kier alpha value is -2.83. The van der Waals surface area contributed by atoms with Crippen LogP contribution in [0.5, 0.6) is 0 Å². The molecular weight excluding hydrogens is 306 g/mol. The van der Waals surface area contributed by atoms with Crippen molar-refractivity contribution in [3.63, 3.8) is 0 Å². The van der Waals surface area contributed by atoms with Crippen LogP contribution in [0.15, 0.2) is 41.1 Å². The van der Waals surface area contributed by atoms with Crippen LogP contribution in [-0.2, 0) is 4.79 Å². The van der Waals surface area contributed by atoms with E-state index in [9.17, 15) is 4.79 Å². The summed E-state index contributed by atoms with van der Waals surface area (Å²) in [4.78, 5) is 20.3. The maximum atomic E-state index is 11.8. The molecule has 2 aliphatic heterocycles. The summed E-state index contributed by atoms with van der Waals surface area (Å²) in [5.74, 6) is 0.191. The Morgan fingerprint density at radius 2 is 2.08 bits per heavy atom. The summed E-state index contributed by atoms with van der Waals surface area (Å²) in [6.07, 6.45) is 5.32. The molecule has 2 aromatic heterocycles. The van der Waals surface area contributed by atoms with E-state index >= 15 is 0 Å². The van der Waals surface area contributed by atoms with Gasteiger partial charge in [0.1, 0.15) is 5.52 Å². The number of carbonyl (C=O) groups is 1. The zero-order valence-corrected chi connectivity index (χ0v) is 13.1. The van der Waals surface area contributed by atoms with Gasteiger partial charge in [-0.1, -0.05) is 12.1 Å². The summed E-state index contributed by atoms with van der Waals surface area (Å²) >= 11 is 0. The molecule has 1 amide bonds. The average Bonchev–Trinajstić information content (AvgIpc) is 3.24. The van der Waals surface area contributed by atoms with Gasteiger partial charge in [0.15, 0.2) is 5.58 Å². The monoisotopic (exact) mass is 323 g/mol. The van der Waals surface area contributed by atoms with E-state index in [1.807, 2.05) is 40.0 Å². The number of anilines is 2. The number of oxazole rings is 1. The van der Waals surface area contributed by atoms with Crippen LogP contribution in [0.25, 0.3) is 11.1 Å². The molecule has 0 atom stereocenters. The number of hydrogen-bond acceptors (Lipinski definition) is 5. The molecule has 2 saturated heterocycles. The van der Waals surface area contributed by atoms with Gasteiger partial charge in [0.05, 0.1) is 17.9 Å². The van der Waals surface area contributed by atoms with Crippen molar-refractivity contribution in [2.24, 2.45) is 0 Å². The van der Waals surface area contributed by atoms with Crippen molar-refractivity contribution in [1.82, 2.24) is 14.8 Å². The molecule has 0 unspecified atom stereocenters. The van der Waals surface area contributed by atoms with Crippen molar-refractivity contribution < 1.29 is 9.21 Å². The first-order valence-corrected chi connectivity index (χ1v) is 8.23. The number of para-hydroxylation sites is 2. The van der Waals surface area contributed by atoms with Gasteiger partial charge in [-0.3, -0.25) is 9.48 Å². The van der Waals surface area contributed by atoms with Crippen LogP contribution in [0.1, 0.15) is 18.9 Å². The first-order chi connectivity index (χ1) is 11.8. The van der Waals surface area contributed by atoms with Crippen molar-refractivity contribution in [1.29, 1.82) is 0 Å². The van der Waals surface area contributed by atoms with Crippen molar-refractivity contribution in [2.45, 2.75) is 18.9 Å². The molecule has 0 radical (unpaired) electrons. The Balaban J connectivity index is 1.29. The summed E-state index contributed by atoms with van der Waals surface area (Å²) in [6, 6.07) is 8.73. The molecule has 0 saturated carbocycles. The topological polar surface area (TPSA) is 67.4 Å². The van der Waals surface area contributed by atoms with Crippen molar-refractivity contribution in [2.75, 3.05) is 29.4 Å². The molecule has 3 aromatic rings. The van der Waals surface area contributed by atoms with Crippen LogP contribution in [-0.4, -0.2) is 40.3 Å². The van der Waals surface area contributed by atoms with E-state index in [0.29, 0.717) is 12.4 Å². The minimum Gasteiger partial charge on any atom is -0.423 e. The fourth-order valence-electron chi connectivity index (χ4n) is 3.36. The molecule has 0 N–H and O–H groups in total. The number of fused-ring (bicyclic) bond motifs is 1. The maximum Gasteiger partial charge on any atom is 0.298 e. The van der Waals surface area contributed by atoms with E-state index in [4.69, 9.17) is 4.42 Å². The van der Waals surface area contributed by atoms with Gasteiger partial charge in [-0.15, -0.1) is 0 Å². The number of rotatable bonds is 3. The highest BCUT2D eigenvalue weighted by Crippen LogP contribution is 2.30. The second-order valence-electron chi connectivity index (χ2n) is 6.35. The van der Waals surface area contributed by atoms with Gasteiger partial charge in [-0.05, 0) is 18.6 Å². The number of amides is 1. The van der Waals surface area contributed by atoms with Gasteiger partial charge in [0.2, 0.25) is 5.91 Å². The van der Waals surface area contributed by atoms with Crippen LogP contribution >= 0.6 is 0 Å². The average molecular weight is 323 g/mol. The largest absolute Gasteiger partial charge is 0.423 e. The number of carbonyl (C=O) groups excluding carboxylic acids is 1. The summed E-state index contributed by atoms with van der Waals surface area (Å²) in [5.41, 5.74) is 2.59. The third-order valence-corrected chi connectivity index (χ3v) is 4.76. The normalized spacial score (nSPS) is 18.6. The number of aromatic nitrogens is 3. The number of hydrogen-bond donors (Lipinski definition) is 0. The fraction of sp³-hybridized carbons (Fsp3) is 0.353. The van der Waals surface area contributed by atoms with Crippen LogP contribution in [0.3, 0.4) is 0 Å². The Morgan fingerprint density at radius 3 is 2.88 bits per heavy atom. The third kappa shape index (κ3) is 2.08. The number of benzene rings is 1. The van der Waals surface area contributed by atoms with Crippen LogP contribution in [0, 0.1) is 0 Å². The molecule has 0 spiro atoms. The molecule has 0 aliphatic carbocycles. The third-order valence-electron chi connectivity index (χ3n) is 4.76. The molecule has 7 nitrogen and oxygen atoms in total. The quantitative estimate of drug-likeness (QED) is 0.739. The lowest BCUT2D eigenvalue weighted by Gasteiger charge is -2.37. The minimum atomic E-state index is 0.191. The van der Waals surface area contributed by atoms with Gasteiger partial charge in [-0.2, -0.15) is 10.1 Å². The van der Waals surface area contributed by atoms with Gasteiger partial charge >= 0.3 is 0 Å². The molecule has 122 valence electrons. The van der Waals surface area contributed by atoms with Crippen LogP contribution in [0.2, 0.25) is 0 Å². The van der Waals surface area contributed by atoms with Gasteiger partial charge < -0.3 is 14.2 Å². The Morgan fingerprint density at radius 1 is 1.21 bits per heavy atom. The summed E-state index contributed by atoms with van der Waals surface area (Å²) in [7, 11) is 0. The molecule has 1 aromatic carbocycles. The van der Waals surface area contributed by atoms with E-state index in [-0.39, 0.29) is 11.9 Å². The Labute approximate surface area is 138 Å². The SMILES string of the molecule is O=C1CCCN1c1cnn(C2CN(c3nc4ccccc4o3)C2)c1. The van der Waals surface area contributed by atoms with Crippen molar-refractivity contribution >= 4 is 28.7 Å². The molecular formula is C17H17N5O2. The van der Waals surface area contributed by atoms with Gasteiger partial charge in [-0.25, -0.2) is 0 Å². The van der Waals surface area contributed by atoms with E-state index in [1.54, 1.807) is 6.20 Å². The lowest BCUT2D eigenvalue weighted by atomic mass is 10.1. The van der Waals surface area contributed by atoms with Crippen LogP contribution in [0.4, 0.5) is 11.7 Å². The second kappa shape index (κ2) is 5.09.